The van der Waals surface area contributed by atoms with Gasteiger partial charge in [0.15, 0.2) is 6.54 Å². The van der Waals surface area contributed by atoms with Crippen molar-refractivity contribution in [3.8, 4) is 17.1 Å². The molecule has 150 valence electrons. The Morgan fingerprint density at radius 1 is 0.966 bits per heavy atom. The maximum absolute atomic E-state index is 6.06. The first-order valence-corrected chi connectivity index (χ1v) is 10.6. The van der Waals surface area contributed by atoms with E-state index in [1.54, 1.807) is 4.90 Å². The largest absolute Gasteiger partial charge is 0.493 e. The Balaban J connectivity index is 1.14. The highest BCUT2D eigenvalue weighted by Gasteiger charge is 2.25. The highest BCUT2D eigenvalue weighted by Crippen LogP contribution is 2.25. The monoisotopic (exact) mass is 412 g/mol. The predicted octanol–water partition coefficient (Wildman–Crippen LogP) is 0.809. The Morgan fingerprint density at radius 2 is 1.79 bits per heavy atom. The molecule has 3 heterocycles. The van der Waals surface area contributed by atoms with Gasteiger partial charge in [-0.05, 0) is 35.9 Å². The number of fused-ring (bicyclic) bond motifs is 1. The van der Waals surface area contributed by atoms with Crippen LogP contribution in [-0.4, -0.2) is 42.9 Å². The van der Waals surface area contributed by atoms with Crippen LogP contribution in [0.25, 0.3) is 11.4 Å². The number of piperazine rings is 1. The van der Waals surface area contributed by atoms with E-state index >= 15 is 0 Å². The van der Waals surface area contributed by atoms with Crippen molar-refractivity contribution in [2.24, 2.45) is 0 Å². The average Bonchev–Trinajstić information content (AvgIpc) is 3.39. The number of hydrogen-bond donors (Lipinski definition) is 2. The topological polar surface area (TPSA) is 57.0 Å². The van der Waals surface area contributed by atoms with E-state index in [1.165, 1.54) is 16.0 Å². The van der Waals surface area contributed by atoms with Crippen molar-refractivity contribution >= 4 is 11.6 Å². The molecule has 2 N–H and O–H groups in total. The van der Waals surface area contributed by atoms with Crippen molar-refractivity contribution in [3.63, 3.8) is 0 Å². The minimum absolute atomic E-state index is 0.603. The smallest absolute Gasteiger partial charge is 0.282 e. The summed E-state index contributed by atoms with van der Waals surface area (Å²) in [5.41, 5.74) is 3.66. The summed E-state index contributed by atoms with van der Waals surface area (Å²) in [6.07, 6.45) is 1.04. The standard InChI is InChI=1S/C22H23ClN4O2/c23-19-3-1-2-18(13-19)22-24-21(29-25-22)15-27-9-7-26(8-10-27)14-16-4-5-20-17(12-16)6-11-28-20/h1-5,12-13H,6-11,14-15H2/p+2. The quantitative estimate of drug-likeness (QED) is 0.651. The van der Waals surface area contributed by atoms with Crippen molar-refractivity contribution < 1.29 is 19.1 Å². The van der Waals surface area contributed by atoms with Crippen LogP contribution >= 0.6 is 11.6 Å². The molecule has 29 heavy (non-hydrogen) atoms. The number of halogens is 1. The second kappa shape index (κ2) is 8.14. The van der Waals surface area contributed by atoms with Gasteiger partial charge in [0.2, 0.25) is 5.82 Å². The molecule has 1 saturated heterocycles. The third kappa shape index (κ3) is 4.29. The first-order chi connectivity index (χ1) is 14.2. The molecule has 0 amide bonds. The van der Waals surface area contributed by atoms with Crippen LogP contribution in [-0.2, 0) is 19.5 Å². The maximum Gasteiger partial charge on any atom is 0.282 e. The minimum atomic E-state index is 0.603. The van der Waals surface area contributed by atoms with E-state index in [-0.39, 0.29) is 0 Å². The fraction of sp³-hybridized carbons (Fsp3) is 0.364. The van der Waals surface area contributed by atoms with Crippen molar-refractivity contribution in [1.82, 2.24) is 10.1 Å². The van der Waals surface area contributed by atoms with Gasteiger partial charge in [-0.15, -0.1) is 0 Å². The van der Waals surface area contributed by atoms with Gasteiger partial charge in [0.1, 0.15) is 38.5 Å². The van der Waals surface area contributed by atoms with Crippen LogP contribution in [0.3, 0.4) is 0 Å². The highest BCUT2D eigenvalue weighted by molar-refractivity contribution is 6.30. The number of nitrogens with one attached hydrogen (secondary N) is 2. The first-order valence-electron chi connectivity index (χ1n) is 10.2. The fourth-order valence-electron chi connectivity index (χ4n) is 4.23. The molecule has 0 saturated carbocycles. The zero-order chi connectivity index (χ0) is 19.6. The first kappa shape index (κ1) is 18.6. The van der Waals surface area contributed by atoms with Crippen LogP contribution in [0.1, 0.15) is 17.0 Å². The average molecular weight is 413 g/mol. The molecule has 2 aromatic carbocycles. The summed E-state index contributed by atoms with van der Waals surface area (Å²) < 4.78 is 11.1. The van der Waals surface area contributed by atoms with E-state index in [1.807, 2.05) is 24.3 Å². The lowest BCUT2D eigenvalue weighted by Gasteiger charge is -2.29. The zero-order valence-electron chi connectivity index (χ0n) is 16.3. The molecule has 1 fully saturated rings. The minimum Gasteiger partial charge on any atom is -0.493 e. The highest BCUT2D eigenvalue weighted by atomic mass is 35.5. The normalized spacial score (nSPS) is 21.0. The molecule has 7 heteroatoms. The number of aromatic nitrogens is 2. The van der Waals surface area contributed by atoms with Crippen LogP contribution in [0.15, 0.2) is 47.0 Å². The molecular formula is C22H25ClN4O2+2. The molecule has 0 spiro atoms. The number of rotatable bonds is 5. The van der Waals surface area contributed by atoms with E-state index in [0.29, 0.717) is 16.7 Å². The summed E-state index contributed by atoms with van der Waals surface area (Å²) in [7, 11) is 0. The summed E-state index contributed by atoms with van der Waals surface area (Å²) in [5, 5.41) is 4.79. The fourth-order valence-corrected chi connectivity index (χ4v) is 4.42. The lowest BCUT2D eigenvalue weighted by molar-refractivity contribution is -1.02. The molecule has 0 unspecified atom stereocenters. The third-order valence-electron chi connectivity index (χ3n) is 5.82. The van der Waals surface area contributed by atoms with E-state index in [0.717, 1.165) is 63.6 Å². The Labute approximate surface area is 175 Å². The van der Waals surface area contributed by atoms with Crippen LogP contribution < -0.4 is 14.5 Å². The second-order valence-electron chi connectivity index (χ2n) is 7.92. The molecule has 3 aromatic rings. The van der Waals surface area contributed by atoms with Gasteiger partial charge < -0.3 is 19.1 Å². The number of ether oxygens (including phenoxy) is 1. The van der Waals surface area contributed by atoms with Crippen LogP contribution in [0, 0.1) is 0 Å². The zero-order valence-corrected chi connectivity index (χ0v) is 17.0. The Bertz CT molecular complexity index is 998. The summed E-state index contributed by atoms with van der Waals surface area (Å²) in [4.78, 5) is 7.69. The predicted molar refractivity (Wildman–Crippen MR) is 109 cm³/mol. The van der Waals surface area contributed by atoms with Gasteiger partial charge in [-0.25, -0.2) is 0 Å². The lowest BCUT2D eigenvalue weighted by Crippen LogP contribution is -3.27. The van der Waals surface area contributed by atoms with Gasteiger partial charge in [-0.1, -0.05) is 28.9 Å². The molecule has 0 bridgehead atoms. The Morgan fingerprint density at radius 3 is 2.62 bits per heavy atom. The summed E-state index contributed by atoms with van der Waals surface area (Å²) >= 11 is 6.06. The van der Waals surface area contributed by atoms with Crippen molar-refractivity contribution in [2.75, 3.05) is 32.8 Å². The summed E-state index contributed by atoms with van der Waals surface area (Å²) in [6.45, 7) is 7.20. The number of quaternary nitrogens is 2. The lowest BCUT2D eigenvalue weighted by atomic mass is 10.1. The molecule has 0 atom stereocenters. The number of hydrogen-bond acceptors (Lipinski definition) is 4. The van der Waals surface area contributed by atoms with E-state index in [9.17, 15) is 0 Å². The summed E-state index contributed by atoms with van der Waals surface area (Å²) in [6, 6.07) is 14.2. The van der Waals surface area contributed by atoms with E-state index < -0.39 is 0 Å². The Kier molecular flexibility index (Phi) is 5.23. The van der Waals surface area contributed by atoms with Crippen molar-refractivity contribution in [1.29, 1.82) is 0 Å². The molecule has 1 aromatic heterocycles. The van der Waals surface area contributed by atoms with Crippen LogP contribution in [0.4, 0.5) is 0 Å². The molecular weight excluding hydrogens is 388 g/mol. The van der Waals surface area contributed by atoms with Gasteiger partial charge in [-0.2, -0.15) is 4.98 Å². The molecule has 0 radical (unpaired) electrons. The van der Waals surface area contributed by atoms with Gasteiger partial charge in [0.25, 0.3) is 5.89 Å². The third-order valence-corrected chi connectivity index (χ3v) is 6.06. The number of nitrogens with zero attached hydrogens (tertiary/aromatic N) is 2. The van der Waals surface area contributed by atoms with Gasteiger partial charge >= 0.3 is 0 Å². The van der Waals surface area contributed by atoms with Gasteiger partial charge in [-0.3, -0.25) is 0 Å². The maximum atomic E-state index is 6.06. The van der Waals surface area contributed by atoms with Crippen LogP contribution in [0.2, 0.25) is 5.02 Å². The van der Waals surface area contributed by atoms with E-state index in [2.05, 4.69) is 28.3 Å². The molecule has 6 nitrogen and oxygen atoms in total. The number of benzene rings is 2. The SMILES string of the molecule is Clc1cccc(-c2noc(C[NH+]3CC[NH+](Cc4ccc5c(c4)CCO5)CC3)n2)c1. The summed E-state index contributed by atoms with van der Waals surface area (Å²) in [5.74, 6) is 2.36. The van der Waals surface area contributed by atoms with Crippen molar-refractivity contribution in [3.05, 3.63) is 64.5 Å². The second-order valence-corrected chi connectivity index (χ2v) is 8.35. The molecule has 2 aliphatic heterocycles. The van der Waals surface area contributed by atoms with Gasteiger partial charge in [0, 0.05) is 22.6 Å². The molecule has 2 aliphatic rings. The van der Waals surface area contributed by atoms with Crippen molar-refractivity contribution in [2.45, 2.75) is 19.5 Å². The molecule has 5 rings (SSSR count). The van der Waals surface area contributed by atoms with Crippen LogP contribution in [0.5, 0.6) is 5.75 Å². The van der Waals surface area contributed by atoms with Gasteiger partial charge in [0.05, 0.1) is 6.61 Å². The Hall–Kier alpha value is -2.41. The van der Waals surface area contributed by atoms with E-state index in [4.69, 9.17) is 20.9 Å². The molecule has 0 aliphatic carbocycles.